The van der Waals surface area contributed by atoms with Crippen LogP contribution >= 0.6 is 0 Å². The van der Waals surface area contributed by atoms with Gasteiger partial charge in [-0.25, -0.2) is 0 Å². The third-order valence-electron chi connectivity index (χ3n) is 3.82. The third-order valence-corrected chi connectivity index (χ3v) is 3.82. The lowest BCUT2D eigenvalue weighted by Gasteiger charge is -2.29. The summed E-state index contributed by atoms with van der Waals surface area (Å²) in [5.41, 5.74) is 0. The fraction of sp³-hybridized carbons (Fsp3) is 0.923. The normalized spacial score (nSPS) is 33.1. The van der Waals surface area contributed by atoms with Gasteiger partial charge in [0.05, 0.1) is 19.1 Å². The highest BCUT2D eigenvalue weighted by Gasteiger charge is 2.24. The number of morpholine rings is 1. The van der Waals surface area contributed by atoms with Gasteiger partial charge in [-0.3, -0.25) is 4.79 Å². The fourth-order valence-electron chi connectivity index (χ4n) is 2.83. The number of aliphatic hydroxyl groups excluding tert-OH is 1. The van der Waals surface area contributed by atoms with Crippen LogP contribution in [0.15, 0.2) is 0 Å². The lowest BCUT2D eigenvalue weighted by atomic mass is 9.86. The topological polar surface area (TPSA) is 70.6 Å². The summed E-state index contributed by atoms with van der Waals surface area (Å²) in [6, 6.07) is 0.236. The number of ether oxygens (including phenoxy) is 1. The van der Waals surface area contributed by atoms with Crippen molar-refractivity contribution in [1.29, 1.82) is 0 Å². The molecule has 1 heterocycles. The fourth-order valence-corrected chi connectivity index (χ4v) is 2.83. The van der Waals surface area contributed by atoms with Gasteiger partial charge in [0.25, 0.3) is 0 Å². The molecule has 104 valence electrons. The SMILES string of the molecule is O=C(CC1CNCCO1)NC1CCCC(CO)C1. The standard InChI is InChI=1S/C13H24N2O3/c16-9-10-2-1-3-11(6-10)15-13(17)7-12-8-14-4-5-18-12/h10-12,14,16H,1-9H2,(H,15,17). The molecule has 5 heteroatoms. The zero-order valence-corrected chi connectivity index (χ0v) is 10.9. The Morgan fingerprint density at radius 2 is 2.33 bits per heavy atom. The van der Waals surface area contributed by atoms with Gasteiger partial charge >= 0.3 is 0 Å². The largest absolute Gasteiger partial charge is 0.396 e. The van der Waals surface area contributed by atoms with Gasteiger partial charge in [0.2, 0.25) is 5.91 Å². The number of carbonyl (C=O) groups is 1. The lowest BCUT2D eigenvalue weighted by molar-refractivity contribution is -0.125. The Labute approximate surface area is 108 Å². The Morgan fingerprint density at radius 3 is 3.06 bits per heavy atom. The van der Waals surface area contributed by atoms with Crippen LogP contribution in [-0.4, -0.2) is 49.5 Å². The quantitative estimate of drug-likeness (QED) is 0.664. The van der Waals surface area contributed by atoms with Crippen molar-refractivity contribution in [1.82, 2.24) is 10.6 Å². The van der Waals surface area contributed by atoms with E-state index < -0.39 is 0 Å². The summed E-state index contributed by atoms with van der Waals surface area (Å²) in [6.45, 7) is 2.56. The van der Waals surface area contributed by atoms with Crippen molar-refractivity contribution in [2.24, 2.45) is 5.92 Å². The Kier molecular flexibility index (Phi) is 5.41. The molecule has 2 aliphatic rings. The molecular weight excluding hydrogens is 232 g/mol. The van der Waals surface area contributed by atoms with Crippen LogP contribution in [0.25, 0.3) is 0 Å². The summed E-state index contributed by atoms with van der Waals surface area (Å²) in [4.78, 5) is 11.9. The number of nitrogens with one attached hydrogen (secondary N) is 2. The molecule has 1 aliphatic heterocycles. The molecule has 0 aromatic heterocycles. The highest BCUT2D eigenvalue weighted by atomic mass is 16.5. The van der Waals surface area contributed by atoms with Gasteiger partial charge in [0.15, 0.2) is 0 Å². The number of aliphatic hydroxyl groups is 1. The van der Waals surface area contributed by atoms with E-state index in [0.717, 1.165) is 38.8 Å². The third kappa shape index (κ3) is 4.23. The van der Waals surface area contributed by atoms with Gasteiger partial charge in [0, 0.05) is 25.7 Å². The van der Waals surface area contributed by atoms with Crippen molar-refractivity contribution >= 4 is 5.91 Å². The first-order chi connectivity index (χ1) is 8.78. The summed E-state index contributed by atoms with van der Waals surface area (Å²) in [6.07, 6.45) is 4.57. The minimum atomic E-state index is 0.0102. The van der Waals surface area contributed by atoms with E-state index in [-0.39, 0.29) is 24.7 Å². The molecule has 1 saturated heterocycles. The lowest BCUT2D eigenvalue weighted by Crippen LogP contribution is -2.44. The number of hydrogen-bond donors (Lipinski definition) is 3. The second-order valence-corrected chi connectivity index (χ2v) is 5.38. The Hall–Kier alpha value is -0.650. The average molecular weight is 256 g/mol. The zero-order valence-electron chi connectivity index (χ0n) is 10.9. The molecule has 0 bridgehead atoms. The van der Waals surface area contributed by atoms with Gasteiger partial charge in [0.1, 0.15) is 0 Å². The first-order valence-corrected chi connectivity index (χ1v) is 7.00. The molecule has 0 aromatic carbocycles. The van der Waals surface area contributed by atoms with Crippen molar-refractivity contribution in [3.63, 3.8) is 0 Å². The van der Waals surface area contributed by atoms with Crippen LogP contribution in [0.4, 0.5) is 0 Å². The Morgan fingerprint density at radius 1 is 1.44 bits per heavy atom. The molecule has 0 aromatic rings. The minimum Gasteiger partial charge on any atom is -0.396 e. The second kappa shape index (κ2) is 7.07. The summed E-state index contributed by atoms with van der Waals surface area (Å²) in [5.74, 6) is 0.434. The van der Waals surface area contributed by atoms with Crippen LogP contribution in [0.2, 0.25) is 0 Å². The number of rotatable bonds is 4. The molecule has 18 heavy (non-hydrogen) atoms. The monoisotopic (exact) mass is 256 g/mol. The van der Waals surface area contributed by atoms with Crippen LogP contribution in [0.5, 0.6) is 0 Å². The molecule has 3 N–H and O–H groups in total. The second-order valence-electron chi connectivity index (χ2n) is 5.38. The number of amides is 1. The van der Waals surface area contributed by atoms with Crippen molar-refractivity contribution in [2.75, 3.05) is 26.3 Å². The van der Waals surface area contributed by atoms with Gasteiger partial charge in [-0.15, -0.1) is 0 Å². The van der Waals surface area contributed by atoms with Gasteiger partial charge < -0.3 is 20.5 Å². The highest BCUT2D eigenvalue weighted by molar-refractivity contribution is 5.76. The molecular formula is C13H24N2O3. The van der Waals surface area contributed by atoms with Crippen molar-refractivity contribution in [3.8, 4) is 0 Å². The van der Waals surface area contributed by atoms with E-state index in [9.17, 15) is 4.79 Å². The molecule has 3 unspecified atom stereocenters. The molecule has 2 rings (SSSR count). The Bertz CT molecular complexity index is 267. The maximum absolute atomic E-state index is 11.9. The van der Waals surface area contributed by atoms with Crippen LogP contribution in [0, 0.1) is 5.92 Å². The molecule has 2 fully saturated rings. The zero-order chi connectivity index (χ0) is 12.8. The summed E-state index contributed by atoms with van der Waals surface area (Å²) >= 11 is 0. The van der Waals surface area contributed by atoms with Crippen LogP contribution in [0.1, 0.15) is 32.1 Å². The van der Waals surface area contributed by atoms with E-state index in [4.69, 9.17) is 9.84 Å². The Balaban J connectivity index is 1.69. The van der Waals surface area contributed by atoms with E-state index >= 15 is 0 Å². The molecule has 1 saturated carbocycles. The highest BCUT2D eigenvalue weighted by Crippen LogP contribution is 2.23. The summed E-state index contributed by atoms with van der Waals surface area (Å²) < 4.78 is 5.52. The average Bonchev–Trinajstić information content (AvgIpc) is 2.40. The van der Waals surface area contributed by atoms with Crippen LogP contribution < -0.4 is 10.6 Å². The predicted octanol–water partition coefficient (Wildman–Crippen LogP) is 0.0322. The molecule has 0 spiro atoms. The van der Waals surface area contributed by atoms with E-state index in [1.807, 2.05) is 0 Å². The van der Waals surface area contributed by atoms with E-state index in [2.05, 4.69) is 10.6 Å². The van der Waals surface area contributed by atoms with Gasteiger partial charge in [-0.2, -0.15) is 0 Å². The maximum Gasteiger partial charge on any atom is 0.222 e. The van der Waals surface area contributed by atoms with Gasteiger partial charge in [-0.05, 0) is 25.2 Å². The van der Waals surface area contributed by atoms with Crippen LogP contribution in [0.3, 0.4) is 0 Å². The summed E-state index contributed by atoms with van der Waals surface area (Å²) in [5, 5.41) is 15.5. The predicted molar refractivity (Wildman–Crippen MR) is 68.2 cm³/mol. The van der Waals surface area contributed by atoms with Crippen molar-refractivity contribution in [3.05, 3.63) is 0 Å². The van der Waals surface area contributed by atoms with Crippen molar-refractivity contribution < 1.29 is 14.6 Å². The van der Waals surface area contributed by atoms with E-state index in [0.29, 0.717) is 18.9 Å². The molecule has 1 amide bonds. The van der Waals surface area contributed by atoms with E-state index in [1.54, 1.807) is 0 Å². The minimum absolute atomic E-state index is 0.0102. The molecule has 0 radical (unpaired) electrons. The molecule has 1 aliphatic carbocycles. The van der Waals surface area contributed by atoms with Crippen LogP contribution in [-0.2, 0) is 9.53 Å². The number of carbonyl (C=O) groups excluding carboxylic acids is 1. The summed E-state index contributed by atoms with van der Waals surface area (Å²) in [7, 11) is 0. The smallest absolute Gasteiger partial charge is 0.222 e. The van der Waals surface area contributed by atoms with Gasteiger partial charge in [-0.1, -0.05) is 6.42 Å². The molecule has 3 atom stereocenters. The first-order valence-electron chi connectivity index (χ1n) is 7.00. The first kappa shape index (κ1) is 13.8. The molecule has 5 nitrogen and oxygen atoms in total. The van der Waals surface area contributed by atoms with E-state index in [1.165, 1.54) is 0 Å². The van der Waals surface area contributed by atoms with Crippen molar-refractivity contribution in [2.45, 2.75) is 44.2 Å². The number of hydrogen-bond acceptors (Lipinski definition) is 4. The maximum atomic E-state index is 11.9.